The molecular formula is C30H39Cl2N5O4. The van der Waals surface area contributed by atoms with Gasteiger partial charge in [0.05, 0.1) is 28.0 Å². The second-order valence-corrected chi connectivity index (χ2v) is 12.8. The maximum absolute atomic E-state index is 14.2. The molecule has 2 N–H and O–H groups in total. The molecule has 1 aromatic carbocycles. The molecule has 1 spiro atoms. The molecule has 0 radical (unpaired) electrons. The second kappa shape index (κ2) is 11.8. The Bertz CT molecular complexity index is 1220. The Morgan fingerprint density at radius 1 is 1.00 bits per heavy atom. The Labute approximate surface area is 251 Å². The number of ether oxygens (including phenoxy) is 1. The summed E-state index contributed by atoms with van der Waals surface area (Å²) >= 11 is 12.2. The van der Waals surface area contributed by atoms with E-state index in [-0.39, 0.29) is 23.8 Å². The number of likely N-dealkylation sites (tertiary alicyclic amines) is 1. The van der Waals surface area contributed by atoms with E-state index in [2.05, 4.69) is 27.4 Å². The predicted octanol–water partition coefficient (Wildman–Crippen LogP) is 3.17. The van der Waals surface area contributed by atoms with Gasteiger partial charge in [-0.15, -0.1) is 0 Å². The highest BCUT2D eigenvalue weighted by Gasteiger charge is 2.72. The van der Waals surface area contributed by atoms with Crippen LogP contribution in [-0.2, 0) is 19.1 Å². The lowest BCUT2D eigenvalue weighted by Gasteiger charge is -2.37. The molecule has 5 atom stereocenters. The molecular weight excluding hydrogens is 565 g/mol. The maximum atomic E-state index is 14.2. The third-order valence-corrected chi connectivity index (χ3v) is 10.4. The van der Waals surface area contributed by atoms with Gasteiger partial charge in [-0.3, -0.25) is 19.3 Å². The minimum atomic E-state index is -1.17. The van der Waals surface area contributed by atoms with Crippen LogP contribution in [0.25, 0.3) is 0 Å². The van der Waals surface area contributed by atoms with Gasteiger partial charge < -0.3 is 25.2 Å². The summed E-state index contributed by atoms with van der Waals surface area (Å²) in [6.45, 7) is 8.13. The number of carbonyl (C=O) groups excluding carboxylic acids is 3. The van der Waals surface area contributed by atoms with Gasteiger partial charge in [0.1, 0.15) is 11.6 Å². The Kier molecular flexibility index (Phi) is 8.35. The number of piperazine rings is 1. The van der Waals surface area contributed by atoms with Crippen LogP contribution in [-0.4, -0.2) is 102 Å². The summed E-state index contributed by atoms with van der Waals surface area (Å²) in [5, 5.41) is 6.87. The monoisotopic (exact) mass is 603 g/mol. The smallest absolute Gasteiger partial charge is 0.246 e. The van der Waals surface area contributed by atoms with Gasteiger partial charge in [0.25, 0.3) is 0 Å². The molecule has 1 aromatic rings. The largest absolute Gasteiger partial charge is 0.359 e. The van der Waals surface area contributed by atoms with Gasteiger partial charge in [0.15, 0.2) is 0 Å². The van der Waals surface area contributed by atoms with E-state index >= 15 is 0 Å². The number of benzene rings is 1. The summed E-state index contributed by atoms with van der Waals surface area (Å²) in [6, 6.07) is 4.16. The first-order valence-electron chi connectivity index (χ1n) is 15.0. The summed E-state index contributed by atoms with van der Waals surface area (Å²) in [5.41, 5.74) is -0.675. The molecule has 3 saturated heterocycles. The molecule has 1 aliphatic carbocycles. The number of carbonyl (C=O) groups is 3. The SMILES string of the molecule is CCN1CCN(CCN2C(=O)[C@H]3[C@@H](C(=O)Nc4ccc(Cl)c(Cl)c4)[C@H]4C=C[C@@]3(O4)[C@@H]2C(=O)NC2CCCCC2)CC1. The van der Waals surface area contributed by atoms with Crippen molar-refractivity contribution in [3.05, 3.63) is 40.4 Å². The molecule has 2 bridgehead atoms. The highest BCUT2D eigenvalue weighted by Crippen LogP contribution is 2.55. The van der Waals surface area contributed by atoms with Crippen LogP contribution in [0.4, 0.5) is 5.69 Å². The molecule has 222 valence electrons. The number of likely N-dealkylation sites (N-methyl/N-ethyl adjacent to an activating group) is 1. The van der Waals surface area contributed by atoms with Crippen LogP contribution in [0.3, 0.4) is 0 Å². The number of anilines is 1. The molecule has 4 fully saturated rings. The number of rotatable bonds is 8. The average Bonchev–Trinajstić information content (AvgIpc) is 3.62. The van der Waals surface area contributed by atoms with Crippen LogP contribution in [0.2, 0.25) is 10.0 Å². The lowest BCUT2D eigenvalue weighted by atomic mass is 9.74. The number of halogens is 2. The number of amides is 3. The van der Waals surface area contributed by atoms with Crippen LogP contribution in [0.15, 0.2) is 30.4 Å². The van der Waals surface area contributed by atoms with Crippen molar-refractivity contribution in [2.45, 2.75) is 62.8 Å². The number of fused-ring (bicyclic) bond motifs is 1. The van der Waals surface area contributed by atoms with E-state index in [1.165, 1.54) is 6.42 Å². The minimum absolute atomic E-state index is 0.0992. The molecule has 9 nitrogen and oxygen atoms in total. The van der Waals surface area contributed by atoms with Crippen molar-refractivity contribution >= 4 is 46.6 Å². The number of nitrogens with zero attached hydrogens (tertiary/aromatic N) is 3. The quantitative estimate of drug-likeness (QED) is 0.443. The standard InChI is InChI=1S/C30H39Cl2N5O4/c1-2-35-12-14-36(15-13-35)16-17-37-26(28(39)33-19-6-4-3-5-7-19)30-11-10-23(41-30)24(25(30)29(37)40)27(38)34-20-8-9-21(31)22(32)18-20/h8-11,18-19,23-26H,2-7,12-17H2,1H3,(H,33,39)(H,34,38)/t23-,24+,25-,26+,30+/m1/s1. The lowest BCUT2D eigenvalue weighted by molar-refractivity contribution is -0.141. The van der Waals surface area contributed by atoms with E-state index in [0.29, 0.717) is 28.8 Å². The van der Waals surface area contributed by atoms with E-state index in [1.54, 1.807) is 23.1 Å². The second-order valence-electron chi connectivity index (χ2n) is 12.0. The fourth-order valence-corrected chi connectivity index (χ4v) is 7.71. The fraction of sp³-hybridized carbons (Fsp3) is 0.633. The molecule has 11 heteroatoms. The van der Waals surface area contributed by atoms with Crippen molar-refractivity contribution in [2.24, 2.45) is 11.8 Å². The van der Waals surface area contributed by atoms with Gasteiger partial charge in [-0.1, -0.05) is 61.5 Å². The third-order valence-electron chi connectivity index (χ3n) is 9.63. The molecule has 0 unspecified atom stereocenters. The van der Waals surface area contributed by atoms with Gasteiger partial charge in [-0.25, -0.2) is 0 Å². The first-order chi connectivity index (χ1) is 19.8. The summed E-state index contributed by atoms with van der Waals surface area (Å²) in [4.78, 5) is 48.3. The first-order valence-corrected chi connectivity index (χ1v) is 15.7. The zero-order chi connectivity index (χ0) is 28.7. The van der Waals surface area contributed by atoms with Crippen LogP contribution in [0.5, 0.6) is 0 Å². The van der Waals surface area contributed by atoms with Crippen molar-refractivity contribution in [1.82, 2.24) is 20.0 Å². The first kappa shape index (κ1) is 28.9. The van der Waals surface area contributed by atoms with Crippen molar-refractivity contribution in [3.63, 3.8) is 0 Å². The third kappa shape index (κ3) is 5.40. The molecule has 3 amide bonds. The van der Waals surface area contributed by atoms with Crippen molar-refractivity contribution in [3.8, 4) is 0 Å². The van der Waals surface area contributed by atoms with Gasteiger partial charge in [-0.05, 0) is 37.6 Å². The van der Waals surface area contributed by atoms with Crippen LogP contribution in [0, 0.1) is 11.8 Å². The van der Waals surface area contributed by atoms with Crippen molar-refractivity contribution in [1.29, 1.82) is 0 Å². The molecule has 41 heavy (non-hydrogen) atoms. The highest BCUT2D eigenvalue weighted by molar-refractivity contribution is 6.42. The molecule has 5 aliphatic rings. The van der Waals surface area contributed by atoms with Crippen molar-refractivity contribution < 1.29 is 19.1 Å². The highest BCUT2D eigenvalue weighted by atomic mass is 35.5. The van der Waals surface area contributed by atoms with Crippen LogP contribution < -0.4 is 10.6 Å². The summed E-state index contributed by atoms with van der Waals surface area (Å²) in [6.07, 6.45) is 8.38. The fourth-order valence-electron chi connectivity index (χ4n) is 7.41. The van der Waals surface area contributed by atoms with E-state index in [0.717, 1.165) is 58.4 Å². The normalized spacial score (nSPS) is 32.0. The van der Waals surface area contributed by atoms with Gasteiger partial charge >= 0.3 is 0 Å². The Balaban J connectivity index is 1.24. The Hall–Kier alpha value is -2.17. The molecule has 4 heterocycles. The maximum Gasteiger partial charge on any atom is 0.246 e. The Morgan fingerprint density at radius 3 is 2.44 bits per heavy atom. The van der Waals surface area contributed by atoms with Crippen LogP contribution in [0.1, 0.15) is 39.0 Å². The topological polar surface area (TPSA) is 94.2 Å². The van der Waals surface area contributed by atoms with E-state index in [4.69, 9.17) is 27.9 Å². The number of hydrogen-bond acceptors (Lipinski definition) is 6. The van der Waals surface area contributed by atoms with E-state index in [1.807, 2.05) is 12.2 Å². The van der Waals surface area contributed by atoms with E-state index < -0.39 is 29.6 Å². The van der Waals surface area contributed by atoms with Gasteiger partial charge in [0.2, 0.25) is 17.7 Å². The molecule has 4 aliphatic heterocycles. The van der Waals surface area contributed by atoms with Gasteiger partial charge in [-0.2, -0.15) is 0 Å². The molecule has 0 aromatic heterocycles. The molecule has 6 rings (SSSR count). The van der Waals surface area contributed by atoms with Crippen molar-refractivity contribution in [2.75, 3.05) is 51.1 Å². The summed E-state index contributed by atoms with van der Waals surface area (Å²) in [5.74, 6) is -2.24. The zero-order valence-electron chi connectivity index (χ0n) is 23.5. The number of nitrogens with one attached hydrogen (secondary N) is 2. The number of hydrogen-bond donors (Lipinski definition) is 2. The summed E-state index contributed by atoms with van der Waals surface area (Å²) in [7, 11) is 0. The van der Waals surface area contributed by atoms with Crippen LogP contribution >= 0.6 is 23.2 Å². The average molecular weight is 605 g/mol. The van der Waals surface area contributed by atoms with Gasteiger partial charge in [0, 0.05) is 51.0 Å². The van der Waals surface area contributed by atoms with E-state index in [9.17, 15) is 14.4 Å². The minimum Gasteiger partial charge on any atom is -0.359 e. The Morgan fingerprint density at radius 2 is 1.73 bits per heavy atom. The lowest BCUT2D eigenvalue weighted by Crippen LogP contribution is -2.57. The summed E-state index contributed by atoms with van der Waals surface area (Å²) < 4.78 is 6.48. The molecule has 1 saturated carbocycles. The zero-order valence-corrected chi connectivity index (χ0v) is 25.0. The predicted molar refractivity (Wildman–Crippen MR) is 158 cm³/mol.